The molecule has 5 nitrogen and oxygen atoms in total. The van der Waals surface area contributed by atoms with Gasteiger partial charge in [0, 0.05) is 44.0 Å². The number of nitrogens with zero attached hydrogens (tertiary/aromatic N) is 3. The molecule has 24 heavy (non-hydrogen) atoms. The van der Waals surface area contributed by atoms with E-state index < -0.39 is 0 Å². The minimum Gasteiger partial charge on any atom is -0.370 e. The molecule has 0 atom stereocenters. The van der Waals surface area contributed by atoms with E-state index in [1.807, 2.05) is 0 Å². The van der Waals surface area contributed by atoms with Crippen LogP contribution in [0.2, 0.25) is 0 Å². The van der Waals surface area contributed by atoms with Crippen LogP contribution in [-0.4, -0.2) is 55.7 Å². The SMILES string of the molecule is Cc1cccc(N2CCN(CCN=C(N)NC(C)(C)C)CC2)c1C. The largest absolute Gasteiger partial charge is 0.370 e. The third-order valence-electron chi connectivity index (χ3n) is 4.49. The second kappa shape index (κ2) is 7.88. The number of benzene rings is 1. The maximum atomic E-state index is 5.92. The van der Waals surface area contributed by atoms with Crippen LogP contribution in [0.4, 0.5) is 5.69 Å². The average Bonchev–Trinajstić information content (AvgIpc) is 2.49. The number of nitrogens with one attached hydrogen (secondary N) is 1. The summed E-state index contributed by atoms with van der Waals surface area (Å²) in [6.45, 7) is 16.7. The summed E-state index contributed by atoms with van der Waals surface area (Å²) in [4.78, 5) is 9.40. The smallest absolute Gasteiger partial charge is 0.189 e. The Balaban J connectivity index is 1.79. The van der Waals surface area contributed by atoms with Crippen molar-refractivity contribution >= 4 is 11.6 Å². The predicted octanol–water partition coefficient (Wildman–Crippen LogP) is 2.13. The topological polar surface area (TPSA) is 56.9 Å². The van der Waals surface area contributed by atoms with Gasteiger partial charge in [0.2, 0.25) is 0 Å². The van der Waals surface area contributed by atoms with Crippen molar-refractivity contribution in [1.82, 2.24) is 10.2 Å². The van der Waals surface area contributed by atoms with Crippen molar-refractivity contribution in [2.75, 3.05) is 44.2 Å². The van der Waals surface area contributed by atoms with E-state index >= 15 is 0 Å². The molecule has 1 saturated heterocycles. The molecule has 1 aliphatic heterocycles. The van der Waals surface area contributed by atoms with Crippen molar-refractivity contribution < 1.29 is 0 Å². The zero-order chi connectivity index (χ0) is 17.7. The van der Waals surface area contributed by atoms with Gasteiger partial charge in [-0.1, -0.05) is 12.1 Å². The van der Waals surface area contributed by atoms with Crippen LogP contribution >= 0.6 is 0 Å². The number of anilines is 1. The zero-order valence-electron chi connectivity index (χ0n) is 15.9. The maximum Gasteiger partial charge on any atom is 0.189 e. The monoisotopic (exact) mass is 331 g/mol. The summed E-state index contributed by atoms with van der Waals surface area (Å²) in [7, 11) is 0. The van der Waals surface area contributed by atoms with Gasteiger partial charge in [-0.2, -0.15) is 0 Å². The third kappa shape index (κ3) is 5.41. The van der Waals surface area contributed by atoms with Gasteiger partial charge in [-0.15, -0.1) is 0 Å². The molecule has 1 aliphatic rings. The van der Waals surface area contributed by atoms with E-state index in [0.29, 0.717) is 5.96 Å². The Kier molecular flexibility index (Phi) is 6.10. The van der Waals surface area contributed by atoms with Crippen molar-refractivity contribution in [3.8, 4) is 0 Å². The fourth-order valence-corrected chi connectivity index (χ4v) is 3.03. The Morgan fingerprint density at radius 3 is 2.46 bits per heavy atom. The first-order valence-corrected chi connectivity index (χ1v) is 8.88. The van der Waals surface area contributed by atoms with E-state index in [0.717, 1.165) is 39.3 Å². The van der Waals surface area contributed by atoms with E-state index in [4.69, 9.17) is 5.73 Å². The molecule has 3 N–H and O–H groups in total. The lowest BCUT2D eigenvalue weighted by atomic mass is 10.1. The van der Waals surface area contributed by atoms with Crippen LogP contribution < -0.4 is 16.0 Å². The first-order valence-electron chi connectivity index (χ1n) is 8.88. The molecule has 1 heterocycles. The molecule has 0 unspecified atom stereocenters. The third-order valence-corrected chi connectivity index (χ3v) is 4.49. The van der Waals surface area contributed by atoms with E-state index in [2.05, 4.69) is 72.9 Å². The number of rotatable bonds is 4. The lowest BCUT2D eigenvalue weighted by Crippen LogP contribution is -2.48. The lowest BCUT2D eigenvalue weighted by molar-refractivity contribution is 0.265. The molecule has 0 bridgehead atoms. The van der Waals surface area contributed by atoms with Crippen LogP contribution in [0.25, 0.3) is 0 Å². The van der Waals surface area contributed by atoms with Gasteiger partial charge in [0.05, 0.1) is 6.54 Å². The normalized spacial score (nSPS) is 17.2. The molecular weight excluding hydrogens is 298 g/mol. The van der Waals surface area contributed by atoms with Crippen LogP contribution in [-0.2, 0) is 0 Å². The lowest BCUT2D eigenvalue weighted by Gasteiger charge is -2.36. The quantitative estimate of drug-likeness (QED) is 0.655. The molecule has 0 saturated carbocycles. The number of nitrogens with two attached hydrogens (primary N) is 1. The minimum absolute atomic E-state index is 0.0368. The summed E-state index contributed by atoms with van der Waals surface area (Å²) in [5, 5.41) is 3.20. The Bertz CT molecular complexity index is 566. The van der Waals surface area contributed by atoms with Gasteiger partial charge in [0.25, 0.3) is 0 Å². The Morgan fingerprint density at radius 2 is 1.83 bits per heavy atom. The van der Waals surface area contributed by atoms with E-state index in [1.165, 1.54) is 16.8 Å². The molecule has 0 spiro atoms. The van der Waals surface area contributed by atoms with E-state index in [1.54, 1.807) is 0 Å². The highest BCUT2D eigenvalue weighted by molar-refractivity contribution is 5.78. The summed E-state index contributed by atoms with van der Waals surface area (Å²) < 4.78 is 0. The van der Waals surface area contributed by atoms with Gasteiger partial charge in [0.15, 0.2) is 5.96 Å². The first kappa shape index (κ1) is 18.6. The van der Waals surface area contributed by atoms with Crippen molar-refractivity contribution in [2.24, 2.45) is 10.7 Å². The van der Waals surface area contributed by atoms with Gasteiger partial charge in [-0.05, 0) is 51.8 Å². The summed E-state index contributed by atoms with van der Waals surface area (Å²) >= 11 is 0. The number of guanidine groups is 1. The van der Waals surface area contributed by atoms with Gasteiger partial charge >= 0.3 is 0 Å². The second-order valence-electron chi connectivity index (χ2n) is 7.69. The highest BCUT2D eigenvalue weighted by Crippen LogP contribution is 2.23. The van der Waals surface area contributed by atoms with Gasteiger partial charge in [-0.3, -0.25) is 9.89 Å². The number of aryl methyl sites for hydroxylation is 1. The molecular formula is C19H33N5. The molecule has 0 amide bonds. The highest BCUT2D eigenvalue weighted by atomic mass is 15.3. The van der Waals surface area contributed by atoms with Gasteiger partial charge < -0.3 is 16.0 Å². The second-order valence-corrected chi connectivity index (χ2v) is 7.69. The van der Waals surface area contributed by atoms with Crippen molar-refractivity contribution in [2.45, 2.75) is 40.2 Å². The predicted molar refractivity (Wildman–Crippen MR) is 104 cm³/mol. The van der Waals surface area contributed by atoms with Crippen LogP contribution in [0.3, 0.4) is 0 Å². The maximum absolute atomic E-state index is 5.92. The van der Waals surface area contributed by atoms with E-state index in [9.17, 15) is 0 Å². The molecule has 2 rings (SSSR count). The fraction of sp³-hybridized carbons (Fsp3) is 0.632. The van der Waals surface area contributed by atoms with Crippen molar-refractivity contribution in [3.63, 3.8) is 0 Å². The summed E-state index contributed by atoms with van der Waals surface area (Å²) in [6, 6.07) is 6.58. The first-order chi connectivity index (χ1) is 11.3. The molecule has 1 fully saturated rings. The Morgan fingerprint density at radius 1 is 1.17 bits per heavy atom. The van der Waals surface area contributed by atoms with Crippen molar-refractivity contribution in [3.05, 3.63) is 29.3 Å². The van der Waals surface area contributed by atoms with Crippen LogP contribution in [0.1, 0.15) is 31.9 Å². The molecule has 5 heteroatoms. The van der Waals surface area contributed by atoms with Crippen LogP contribution in [0, 0.1) is 13.8 Å². The summed E-state index contributed by atoms with van der Waals surface area (Å²) in [5.41, 5.74) is 10.0. The Hall–Kier alpha value is -1.75. The highest BCUT2D eigenvalue weighted by Gasteiger charge is 2.18. The molecule has 0 radical (unpaired) electrons. The average molecular weight is 332 g/mol. The van der Waals surface area contributed by atoms with Crippen LogP contribution in [0.15, 0.2) is 23.2 Å². The van der Waals surface area contributed by atoms with Gasteiger partial charge in [0.1, 0.15) is 0 Å². The van der Waals surface area contributed by atoms with E-state index in [-0.39, 0.29) is 5.54 Å². The Labute approximate surface area is 146 Å². The standard InChI is InChI=1S/C19H33N5/c1-15-7-6-8-17(16(15)2)24-13-11-23(12-14-24)10-9-21-18(20)22-19(3,4)5/h6-8H,9-14H2,1-5H3,(H3,20,21,22). The summed E-state index contributed by atoms with van der Waals surface area (Å²) in [6.07, 6.45) is 0. The number of hydrogen-bond acceptors (Lipinski definition) is 3. The molecule has 134 valence electrons. The number of hydrogen-bond donors (Lipinski definition) is 2. The minimum atomic E-state index is -0.0368. The molecule has 0 aliphatic carbocycles. The number of piperazine rings is 1. The van der Waals surface area contributed by atoms with Gasteiger partial charge in [-0.25, -0.2) is 0 Å². The summed E-state index contributed by atoms with van der Waals surface area (Å²) in [5.74, 6) is 0.538. The molecule has 0 aromatic heterocycles. The molecule has 1 aromatic rings. The number of aliphatic imine (C=N–C) groups is 1. The van der Waals surface area contributed by atoms with Crippen LogP contribution in [0.5, 0.6) is 0 Å². The van der Waals surface area contributed by atoms with Crippen molar-refractivity contribution in [1.29, 1.82) is 0 Å². The molecule has 1 aromatic carbocycles. The zero-order valence-corrected chi connectivity index (χ0v) is 15.9. The fourth-order valence-electron chi connectivity index (χ4n) is 3.03.